The highest BCUT2D eigenvalue weighted by Gasteiger charge is 1.73. The van der Waals surface area contributed by atoms with Gasteiger partial charge in [-0.15, -0.1) is 0 Å². The summed E-state index contributed by atoms with van der Waals surface area (Å²) in [6, 6.07) is 0. The fourth-order valence-electron chi connectivity index (χ4n) is 0. The standard InChI is InChI=1S/C2H2NOS/c3-2(5)1-4/h(H2,3,5). The summed E-state index contributed by atoms with van der Waals surface area (Å²) in [6.07, 6.45) is 1.29. The molecule has 2 nitrogen and oxygen atoms in total. The van der Waals surface area contributed by atoms with Gasteiger partial charge in [0.2, 0.25) is 0 Å². The van der Waals surface area contributed by atoms with E-state index in [1.54, 1.807) is 0 Å². The fraction of sp³-hybridized carbons (Fsp3) is 0. The molecule has 0 aromatic rings. The Labute approximate surface area is 35.0 Å². The van der Waals surface area contributed by atoms with Crippen LogP contribution in [0.1, 0.15) is 0 Å². The van der Waals surface area contributed by atoms with Crippen molar-refractivity contribution in [1.82, 2.24) is 0 Å². The molecule has 0 spiro atoms. The number of carbonyl (C=O) groups excluding carboxylic acids is 1. The topological polar surface area (TPSA) is 43.1 Å². The molecule has 0 aliphatic rings. The van der Waals surface area contributed by atoms with Gasteiger partial charge in [0.25, 0.3) is 6.29 Å². The molecule has 1 radical (unpaired) electrons. The van der Waals surface area contributed by atoms with Crippen molar-refractivity contribution >= 4 is 23.5 Å². The first kappa shape index (κ1) is 4.56. The number of thiocarbonyl (C=S) groups is 1. The zero-order valence-electron chi connectivity index (χ0n) is 2.39. The maximum Gasteiger partial charge on any atom is 0.262 e. The molecular weight excluding hydrogens is 86.1 g/mol. The molecule has 0 aromatic heterocycles. The molecule has 0 saturated carbocycles. The van der Waals surface area contributed by atoms with Gasteiger partial charge >= 0.3 is 0 Å². The van der Waals surface area contributed by atoms with Gasteiger partial charge in [-0.2, -0.15) is 0 Å². The van der Waals surface area contributed by atoms with Crippen LogP contribution in [0.5, 0.6) is 0 Å². The summed E-state index contributed by atoms with van der Waals surface area (Å²) in [5, 5.41) is 0. The van der Waals surface area contributed by atoms with E-state index in [1.807, 2.05) is 0 Å². The van der Waals surface area contributed by atoms with Gasteiger partial charge in [0.05, 0.1) is 0 Å². The lowest BCUT2D eigenvalue weighted by molar-refractivity contribution is 0.567. The van der Waals surface area contributed by atoms with E-state index in [2.05, 4.69) is 18.0 Å². The molecule has 0 aliphatic heterocycles. The normalized spacial score (nSPS) is 6.40. The minimum atomic E-state index is -0.218. The summed E-state index contributed by atoms with van der Waals surface area (Å²) in [4.78, 5) is 8.90. The Kier molecular flexibility index (Phi) is 1.68. The lowest BCUT2D eigenvalue weighted by atomic mass is 10.8. The van der Waals surface area contributed by atoms with Crippen LogP contribution in [0.15, 0.2) is 0 Å². The van der Waals surface area contributed by atoms with Crippen molar-refractivity contribution in [2.75, 3.05) is 0 Å². The van der Waals surface area contributed by atoms with Crippen LogP contribution in [0.25, 0.3) is 0 Å². The summed E-state index contributed by atoms with van der Waals surface area (Å²) in [5.74, 6) is 0. The van der Waals surface area contributed by atoms with Crippen LogP contribution in [0, 0.1) is 0 Å². The van der Waals surface area contributed by atoms with E-state index >= 15 is 0 Å². The van der Waals surface area contributed by atoms with Crippen LogP contribution in [0.4, 0.5) is 0 Å². The predicted octanol–water partition coefficient (Wildman–Crippen LogP) is -0.618. The van der Waals surface area contributed by atoms with E-state index in [0.29, 0.717) is 0 Å². The Hall–Kier alpha value is -0.440. The van der Waals surface area contributed by atoms with Crippen LogP contribution in [-0.4, -0.2) is 11.3 Å². The van der Waals surface area contributed by atoms with Crippen molar-refractivity contribution in [3.8, 4) is 0 Å². The molecule has 0 bridgehead atoms. The smallest absolute Gasteiger partial charge is 0.262 e. The van der Waals surface area contributed by atoms with E-state index in [-0.39, 0.29) is 4.99 Å². The monoisotopic (exact) mass is 88.0 g/mol. The second-order valence-electron chi connectivity index (χ2n) is 0.466. The van der Waals surface area contributed by atoms with E-state index in [1.165, 1.54) is 6.29 Å². The molecule has 0 aromatic carbocycles. The maximum absolute atomic E-state index is 9.11. The first-order valence-electron chi connectivity index (χ1n) is 0.947. The van der Waals surface area contributed by atoms with Gasteiger partial charge in [0, 0.05) is 0 Å². The molecule has 0 unspecified atom stereocenters. The zero-order chi connectivity index (χ0) is 4.28. The summed E-state index contributed by atoms with van der Waals surface area (Å²) in [5.41, 5.74) is 4.60. The van der Waals surface area contributed by atoms with Crippen molar-refractivity contribution in [2.24, 2.45) is 5.73 Å². The summed E-state index contributed by atoms with van der Waals surface area (Å²) >= 11 is 4.05. The predicted molar refractivity (Wildman–Crippen MR) is 22.5 cm³/mol. The maximum atomic E-state index is 9.11. The zero-order valence-corrected chi connectivity index (χ0v) is 3.21. The SMILES string of the molecule is NC(=S)[C]=O. The van der Waals surface area contributed by atoms with Crippen molar-refractivity contribution in [2.45, 2.75) is 0 Å². The molecule has 0 heterocycles. The third-order valence-electron chi connectivity index (χ3n) is 0.101. The van der Waals surface area contributed by atoms with Gasteiger partial charge in [0.15, 0.2) is 0 Å². The number of nitrogens with two attached hydrogens (primary N) is 1. The number of hydrogen-bond donors (Lipinski definition) is 1. The minimum absolute atomic E-state index is 0.218. The van der Waals surface area contributed by atoms with Gasteiger partial charge in [-0.3, -0.25) is 4.79 Å². The molecule has 0 atom stereocenters. The minimum Gasteiger partial charge on any atom is -0.387 e. The lowest BCUT2D eigenvalue weighted by Gasteiger charge is -1.63. The van der Waals surface area contributed by atoms with Crippen molar-refractivity contribution in [1.29, 1.82) is 0 Å². The molecule has 27 valence electrons. The molecule has 3 heteroatoms. The average molecular weight is 88.1 g/mol. The van der Waals surface area contributed by atoms with E-state index in [9.17, 15) is 0 Å². The second kappa shape index (κ2) is 1.84. The third-order valence-corrected chi connectivity index (χ3v) is 0.184. The van der Waals surface area contributed by atoms with Crippen molar-refractivity contribution in [3.63, 3.8) is 0 Å². The molecule has 0 fully saturated rings. The molecule has 0 saturated heterocycles. The molecule has 5 heavy (non-hydrogen) atoms. The first-order valence-corrected chi connectivity index (χ1v) is 1.36. The van der Waals surface area contributed by atoms with Gasteiger partial charge in [0.1, 0.15) is 4.99 Å². The molecule has 2 N–H and O–H groups in total. The lowest BCUT2D eigenvalue weighted by Crippen LogP contribution is -2.07. The second-order valence-corrected chi connectivity index (χ2v) is 0.906. The average Bonchev–Trinajstić information content (AvgIpc) is 1.38. The van der Waals surface area contributed by atoms with Crippen molar-refractivity contribution in [3.05, 3.63) is 0 Å². The highest BCUT2D eigenvalue weighted by atomic mass is 32.1. The van der Waals surface area contributed by atoms with Crippen LogP contribution < -0.4 is 5.73 Å². The van der Waals surface area contributed by atoms with E-state index in [0.717, 1.165) is 0 Å². The molecule has 0 aliphatic carbocycles. The van der Waals surface area contributed by atoms with Crippen LogP contribution in [0.2, 0.25) is 0 Å². The Morgan fingerprint density at radius 1 is 2.00 bits per heavy atom. The largest absolute Gasteiger partial charge is 0.387 e. The molecule has 0 rings (SSSR count). The van der Waals surface area contributed by atoms with Crippen LogP contribution in [0.3, 0.4) is 0 Å². The number of rotatable bonds is 1. The first-order chi connectivity index (χ1) is 2.27. The van der Waals surface area contributed by atoms with Gasteiger partial charge in [-0.1, -0.05) is 12.2 Å². The highest BCUT2D eigenvalue weighted by molar-refractivity contribution is 7.81. The van der Waals surface area contributed by atoms with Crippen LogP contribution in [-0.2, 0) is 4.79 Å². The fourth-order valence-corrected chi connectivity index (χ4v) is 0. The molecule has 0 amide bonds. The van der Waals surface area contributed by atoms with Gasteiger partial charge in [-0.25, -0.2) is 0 Å². The third kappa shape index (κ3) is 3.56. The quantitative estimate of drug-likeness (QED) is 0.434. The summed E-state index contributed by atoms with van der Waals surface area (Å²) in [7, 11) is 0. The van der Waals surface area contributed by atoms with Crippen LogP contribution >= 0.6 is 12.2 Å². The Bertz CT molecular complexity index is 60.7. The van der Waals surface area contributed by atoms with E-state index in [4.69, 9.17) is 4.79 Å². The van der Waals surface area contributed by atoms with Crippen molar-refractivity contribution < 1.29 is 4.79 Å². The van der Waals surface area contributed by atoms with E-state index < -0.39 is 0 Å². The summed E-state index contributed by atoms with van der Waals surface area (Å²) < 4.78 is 0. The summed E-state index contributed by atoms with van der Waals surface area (Å²) in [6.45, 7) is 0. The Balaban J connectivity index is 3.20. The molecular formula is C2H2NOS. The van der Waals surface area contributed by atoms with Gasteiger partial charge in [-0.05, 0) is 0 Å². The number of hydrogen-bond acceptors (Lipinski definition) is 2. The Morgan fingerprint density at radius 3 is 2.20 bits per heavy atom. The Morgan fingerprint density at radius 2 is 2.20 bits per heavy atom. The highest BCUT2D eigenvalue weighted by Crippen LogP contribution is 1.46. The van der Waals surface area contributed by atoms with Gasteiger partial charge < -0.3 is 5.73 Å².